The summed E-state index contributed by atoms with van der Waals surface area (Å²) in [6.45, 7) is 12.7. The van der Waals surface area contributed by atoms with Gasteiger partial charge in [0.2, 0.25) is 0 Å². The number of hydrogen-bond acceptors (Lipinski definition) is 2. The summed E-state index contributed by atoms with van der Waals surface area (Å²) < 4.78 is 12.2. The minimum absolute atomic E-state index is 0. The molecule has 0 heterocycles. The zero-order chi connectivity index (χ0) is 16.0. The van der Waals surface area contributed by atoms with Crippen LogP contribution in [0.1, 0.15) is 78.1 Å². The molecule has 1 saturated carbocycles. The third-order valence-electron chi connectivity index (χ3n) is 3.50. The van der Waals surface area contributed by atoms with Crippen LogP contribution < -0.4 is 0 Å². The predicted molar refractivity (Wildman–Crippen MR) is 104 cm³/mol. The van der Waals surface area contributed by atoms with E-state index in [-0.39, 0.29) is 18.2 Å². The van der Waals surface area contributed by atoms with Crippen LogP contribution in [0.2, 0.25) is 0 Å². The van der Waals surface area contributed by atoms with E-state index >= 15 is 0 Å². The lowest BCUT2D eigenvalue weighted by atomic mass is 10.0. The van der Waals surface area contributed by atoms with E-state index in [9.17, 15) is 0 Å². The summed E-state index contributed by atoms with van der Waals surface area (Å²) in [6.07, 6.45) is 12.3. The van der Waals surface area contributed by atoms with Crippen molar-refractivity contribution in [2.45, 2.75) is 83.8 Å². The Bertz CT molecular complexity index is 202. The van der Waals surface area contributed by atoms with E-state index in [4.69, 9.17) is 9.47 Å². The molecule has 0 aliphatic heterocycles. The van der Waals surface area contributed by atoms with Gasteiger partial charge in [-0.15, -0.1) is 20.3 Å². The van der Waals surface area contributed by atoms with Crippen LogP contribution in [0.5, 0.6) is 0 Å². The molecule has 0 atom stereocenters. The van der Waals surface area contributed by atoms with E-state index in [1.807, 2.05) is 0 Å². The van der Waals surface area contributed by atoms with Gasteiger partial charge in [-0.2, -0.15) is 0 Å². The fourth-order valence-corrected chi connectivity index (χ4v) is 2.53. The molecule has 0 aromatic rings. The van der Waals surface area contributed by atoms with Crippen molar-refractivity contribution in [3.8, 4) is 0 Å². The van der Waals surface area contributed by atoms with E-state index in [0.29, 0.717) is 7.92 Å². The molecule has 0 saturated heterocycles. The lowest BCUT2D eigenvalue weighted by molar-refractivity contribution is -0.246. The Morgan fingerprint density at radius 3 is 1.36 bits per heavy atom. The van der Waals surface area contributed by atoms with Crippen LogP contribution in [0.15, 0.2) is 0 Å². The monoisotopic (exact) mass is 354 g/mol. The summed E-state index contributed by atoms with van der Waals surface area (Å²) in [5, 5.41) is 0. The van der Waals surface area contributed by atoms with E-state index < -0.39 is 0 Å². The molecule has 0 spiro atoms. The zero-order valence-corrected chi connectivity index (χ0v) is 17.4. The minimum Gasteiger partial charge on any atom is -0.350 e. The molecule has 0 N–H and O–H groups in total. The molecule has 22 heavy (non-hydrogen) atoms. The highest BCUT2D eigenvalue weighted by molar-refractivity contribution is 7.55. The quantitative estimate of drug-likeness (QED) is 0.403. The van der Waals surface area contributed by atoms with Crippen LogP contribution in [0.3, 0.4) is 0 Å². The van der Waals surface area contributed by atoms with Crippen LogP contribution in [-0.4, -0.2) is 39.0 Å². The fraction of sp³-hybridized carbons (Fsp3) is 1.00. The molecule has 0 radical (unpaired) electrons. The molecule has 0 aromatic carbocycles. The highest BCUT2D eigenvalue weighted by Crippen LogP contribution is 2.30. The van der Waals surface area contributed by atoms with Crippen molar-refractivity contribution in [1.29, 1.82) is 0 Å². The number of ether oxygens (including phenoxy) is 2. The molecule has 4 heteroatoms. The highest BCUT2D eigenvalue weighted by Gasteiger charge is 2.31. The average molecular weight is 355 g/mol. The Hall–Kier alpha value is 0.640. The fourth-order valence-electron chi connectivity index (χ4n) is 2.53. The van der Waals surface area contributed by atoms with Gasteiger partial charge in [-0.05, 0) is 45.7 Å². The van der Waals surface area contributed by atoms with Crippen molar-refractivity contribution in [3.05, 3.63) is 0 Å². The first kappa shape index (κ1) is 24.9. The van der Waals surface area contributed by atoms with E-state index in [1.165, 1.54) is 38.5 Å². The standard InChI is InChI=1S/C15H30O2.C3H9P.ClH/c1-3-13-16-15(17-14-4-2)11-9-7-5-6-8-10-12-15;1-4(2)3;/h3-14H2,1-2H3;1-3H3;1H. The van der Waals surface area contributed by atoms with Gasteiger partial charge in [-0.25, -0.2) is 0 Å². The molecule has 1 aliphatic rings. The van der Waals surface area contributed by atoms with Gasteiger partial charge in [0.1, 0.15) is 0 Å². The Morgan fingerprint density at radius 2 is 1.05 bits per heavy atom. The van der Waals surface area contributed by atoms with Crippen molar-refractivity contribution in [2.75, 3.05) is 33.2 Å². The molecular weight excluding hydrogens is 315 g/mol. The first-order valence-corrected chi connectivity index (χ1v) is 11.6. The second-order valence-corrected chi connectivity index (χ2v) is 9.25. The average Bonchev–Trinajstić information content (AvgIpc) is 2.55. The molecule has 0 bridgehead atoms. The van der Waals surface area contributed by atoms with Crippen molar-refractivity contribution in [3.63, 3.8) is 0 Å². The normalized spacial score (nSPS) is 18.3. The molecule has 1 rings (SSSR count). The second kappa shape index (κ2) is 16.5. The predicted octanol–water partition coefficient (Wildman–Crippen LogP) is 6.45. The maximum Gasteiger partial charge on any atom is 0.168 e. The van der Waals surface area contributed by atoms with E-state index in [1.54, 1.807) is 0 Å². The molecular formula is C18H40ClO2P. The molecule has 1 fully saturated rings. The zero-order valence-electron chi connectivity index (χ0n) is 15.7. The van der Waals surface area contributed by atoms with Gasteiger partial charge >= 0.3 is 0 Å². The van der Waals surface area contributed by atoms with Crippen LogP contribution in [0.25, 0.3) is 0 Å². The maximum atomic E-state index is 6.09. The van der Waals surface area contributed by atoms with Crippen molar-refractivity contribution < 1.29 is 9.47 Å². The second-order valence-electron chi connectivity index (χ2n) is 6.57. The third kappa shape index (κ3) is 14.2. The van der Waals surface area contributed by atoms with Crippen LogP contribution in [0, 0.1) is 0 Å². The topological polar surface area (TPSA) is 18.5 Å². The van der Waals surface area contributed by atoms with Gasteiger partial charge < -0.3 is 9.47 Å². The van der Waals surface area contributed by atoms with Crippen LogP contribution >= 0.6 is 20.3 Å². The largest absolute Gasteiger partial charge is 0.350 e. The summed E-state index contributed by atoms with van der Waals surface area (Å²) in [5.74, 6) is -0.254. The summed E-state index contributed by atoms with van der Waals surface area (Å²) in [6, 6.07) is 0. The lowest BCUT2D eigenvalue weighted by Gasteiger charge is -2.34. The Labute approximate surface area is 147 Å². The summed E-state index contributed by atoms with van der Waals surface area (Å²) in [5.41, 5.74) is 0. The Morgan fingerprint density at radius 1 is 0.727 bits per heavy atom. The van der Waals surface area contributed by atoms with Crippen LogP contribution in [0.4, 0.5) is 0 Å². The highest BCUT2D eigenvalue weighted by atomic mass is 35.5. The first-order valence-electron chi connectivity index (χ1n) is 8.95. The van der Waals surface area contributed by atoms with Crippen LogP contribution in [-0.2, 0) is 9.47 Å². The van der Waals surface area contributed by atoms with Crippen molar-refractivity contribution in [2.24, 2.45) is 0 Å². The summed E-state index contributed by atoms with van der Waals surface area (Å²) in [7, 11) is 0.380. The molecule has 0 aromatic heterocycles. The summed E-state index contributed by atoms with van der Waals surface area (Å²) in [4.78, 5) is 0. The van der Waals surface area contributed by atoms with Gasteiger partial charge in [-0.3, -0.25) is 0 Å². The van der Waals surface area contributed by atoms with Crippen molar-refractivity contribution >= 4 is 20.3 Å². The molecule has 136 valence electrons. The molecule has 2 nitrogen and oxygen atoms in total. The van der Waals surface area contributed by atoms with Gasteiger partial charge in [0.25, 0.3) is 0 Å². The third-order valence-corrected chi connectivity index (χ3v) is 3.50. The van der Waals surface area contributed by atoms with Gasteiger partial charge in [0, 0.05) is 26.1 Å². The Balaban J connectivity index is 0. The smallest absolute Gasteiger partial charge is 0.168 e. The van der Waals surface area contributed by atoms with Crippen molar-refractivity contribution in [1.82, 2.24) is 0 Å². The SMILES string of the molecule is CCCOC1(OCCC)CCCCCCCC1.CP(C)C.Cl. The maximum absolute atomic E-state index is 6.09. The Kier molecular flexibility index (Phi) is 18.7. The minimum atomic E-state index is -0.254. The number of halogens is 1. The summed E-state index contributed by atoms with van der Waals surface area (Å²) >= 11 is 0. The number of hydrogen-bond donors (Lipinski definition) is 0. The lowest BCUT2D eigenvalue weighted by Crippen LogP contribution is -2.36. The number of rotatable bonds is 6. The van der Waals surface area contributed by atoms with E-state index in [2.05, 4.69) is 33.8 Å². The molecule has 0 unspecified atom stereocenters. The van der Waals surface area contributed by atoms with Gasteiger partial charge in [0.15, 0.2) is 5.79 Å². The van der Waals surface area contributed by atoms with E-state index in [0.717, 1.165) is 38.9 Å². The van der Waals surface area contributed by atoms with Gasteiger partial charge in [0.05, 0.1) is 0 Å². The first-order chi connectivity index (χ1) is 10.1. The van der Waals surface area contributed by atoms with Gasteiger partial charge in [-0.1, -0.05) is 39.5 Å². The molecule has 1 aliphatic carbocycles. The molecule has 0 amide bonds.